The van der Waals surface area contributed by atoms with Crippen LogP contribution in [0.4, 0.5) is 9.52 Å². The standard InChI is InChI=1S/C24H18FN5OS2/c1-2-22-29-30-24(33-22)28-21(31)14-32-23-19(13-26)18(15-6-4-3-5-7-15)12-20(27-23)16-8-10-17(25)11-9-16/h3-12H,2,14H2,1H3,(H,28,30,31). The topological polar surface area (TPSA) is 91.6 Å². The summed E-state index contributed by atoms with van der Waals surface area (Å²) < 4.78 is 13.4. The number of nitrogens with one attached hydrogen (secondary N) is 1. The maximum atomic E-state index is 13.4. The van der Waals surface area contributed by atoms with E-state index >= 15 is 0 Å². The number of hydrogen-bond donors (Lipinski definition) is 1. The van der Waals surface area contributed by atoms with Gasteiger partial charge in [-0.05, 0) is 42.3 Å². The summed E-state index contributed by atoms with van der Waals surface area (Å²) in [4.78, 5) is 17.1. The number of aromatic nitrogens is 3. The van der Waals surface area contributed by atoms with E-state index in [1.54, 1.807) is 12.1 Å². The lowest BCUT2D eigenvalue weighted by Gasteiger charge is -2.12. The van der Waals surface area contributed by atoms with E-state index in [-0.39, 0.29) is 17.5 Å². The van der Waals surface area contributed by atoms with Gasteiger partial charge in [0.15, 0.2) is 0 Å². The first-order valence-corrected chi connectivity index (χ1v) is 11.9. The molecule has 0 fully saturated rings. The Morgan fingerprint density at radius 2 is 1.88 bits per heavy atom. The summed E-state index contributed by atoms with van der Waals surface area (Å²) in [6, 6.07) is 19.6. The molecule has 9 heteroatoms. The van der Waals surface area contributed by atoms with Gasteiger partial charge in [0, 0.05) is 11.1 Å². The fourth-order valence-corrected chi connectivity index (χ4v) is 4.58. The molecule has 4 rings (SSSR count). The minimum absolute atomic E-state index is 0.0455. The van der Waals surface area contributed by atoms with E-state index in [1.807, 2.05) is 43.3 Å². The number of amides is 1. The molecule has 2 aromatic heterocycles. The Balaban J connectivity index is 1.66. The average molecular weight is 476 g/mol. The third-order valence-corrected chi connectivity index (χ3v) is 6.64. The zero-order valence-electron chi connectivity index (χ0n) is 17.6. The van der Waals surface area contributed by atoms with Crippen molar-refractivity contribution in [2.75, 3.05) is 11.1 Å². The molecule has 6 nitrogen and oxygen atoms in total. The van der Waals surface area contributed by atoms with Gasteiger partial charge in [-0.25, -0.2) is 9.37 Å². The molecule has 0 atom stereocenters. The fraction of sp³-hybridized carbons (Fsp3) is 0.125. The van der Waals surface area contributed by atoms with Crippen LogP contribution < -0.4 is 5.32 Å². The molecule has 0 aliphatic carbocycles. The highest BCUT2D eigenvalue weighted by Gasteiger charge is 2.17. The van der Waals surface area contributed by atoms with Crippen molar-refractivity contribution >= 4 is 34.1 Å². The van der Waals surface area contributed by atoms with Crippen LogP contribution in [-0.4, -0.2) is 26.8 Å². The molecule has 0 bridgehead atoms. The van der Waals surface area contributed by atoms with Crippen LogP contribution in [0.15, 0.2) is 65.7 Å². The van der Waals surface area contributed by atoms with Crippen LogP contribution in [0.25, 0.3) is 22.4 Å². The van der Waals surface area contributed by atoms with Crippen LogP contribution in [0.1, 0.15) is 17.5 Å². The van der Waals surface area contributed by atoms with Crippen LogP contribution >= 0.6 is 23.1 Å². The number of pyridine rings is 1. The quantitative estimate of drug-likeness (QED) is 0.351. The Labute approximate surface area is 198 Å². The lowest BCUT2D eigenvalue weighted by Crippen LogP contribution is -2.14. The molecule has 0 unspecified atom stereocenters. The van der Waals surface area contributed by atoms with Gasteiger partial charge in [0.1, 0.15) is 21.9 Å². The summed E-state index contributed by atoms with van der Waals surface area (Å²) in [6.45, 7) is 1.97. The first-order valence-electron chi connectivity index (χ1n) is 10.1. The molecule has 2 heterocycles. The van der Waals surface area contributed by atoms with Crippen molar-refractivity contribution in [3.8, 4) is 28.5 Å². The molecule has 0 saturated carbocycles. The summed E-state index contributed by atoms with van der Waals surface area (Å²) in [5.74, 6) is -0.563. The Morgan fingerprint density at radius 3 is 2.55 bits per heavy atom. The van der Waals surface area contributed by atoms with Gasteiger partial charge in [-0.2, -0.15) is 5.26 Å². The number of benzene rings is 2. The lowest BCUT2D eigenvalue weighted by molar-refractivity contribution is -0.113. The van der Waals surface area contributed by atoms with Crippen LogP contribution in [0.3, 0.4) is 0 Å². The highest BCUT2D eigenvalue weighted by atomic mass is 32.2. The lowest BCUT2D eigenvalue weighted by atomic mass is 9.99. The Hall–Kier alpha value is -3.61. The van der Waals surface area contributed by atoms with Crippen molar-refractivity contribution in [3.05, 3.63) is 77.1 Å². The molecular weight excluding hydrogens is 457 g/mol. The third-order valence-electron chi connectivity index (χ3n) is 4.68. The summed E-state index contributed by atoms with van der Waals surface area (Å²) in [7, 11) is 0. The highest BCUT2D eigenvalue weighted by Crippen LogP contribution is 2.34. The van der Waals surface area contributed by atoms with E-state index < -0.39 is 0 Å². The van der Waals surface area contributed by atoms with Gasteiger partial charge in [-0.3, -0.25) is 10.1 Å². The monoisotopic (exact) mass is 475 g/mol. The normalized spacial score (nSPS) is 10.6. The van der Waals surface area contributed by atoms with E-state index in [0.29, 0.717) is 32.5 Å². The fourth-order valence-electron chi connectivity index (χ4n) is 3.08. The predicted molar refractivity (Wildman–Crippen MR) is 128 cm³/mol. The van der Waals surface area contributed by atoms with Crippen LogP contribution in [-0.2, 0) is 11.2 Å². The van der Waals surface area contributed by atoms with Gasteiger partial charge in [-0.1, -0.05) is 60.4 Å². The van der Waals surface area contributed by atoms with Crippen LogP contribution in [0, 0.1) is 17.1 Å². The molecule has 33 heavy (non-hydrogen) atoms. The van der Waals surface area contributed by atoms with Crippen molar-refractivity contribution in [1.29, 1.82) is 5.26 Å². The number of aryl methyl sites for hydroxylation is 1. The molecule has 4 aromatic rings. The number of rotatable bonds is 7. The molecule has 1 N–H and O–H groups in total. The van der Waals surface area contributed by atoms with E-state index in [2.05, 4.69) is 26.6 Å². The Bertz CT molecular complexity index is 1320. The highest BCUT2D eigenvalue weighted by molar-refractivity contribution is 8.00. The SMILES string of the molecule is CCc1nnc(NC(=O)CSc2nc(-c3ccc(F)cc3)cc(-c3ccccc3)c2C#N)s1. The second kappa shape index (κ2) is 10.3. The van der Waals surface area contributed by atoms with Gasteiger partial charge in [0.2, 0.25) is 11.0 Å². The summed E-state index contributed by atoms with van der Waals surface area (Å²) >= 11 is 2.50. The largest absolute Gasteiger partial charge is 0.300 e. The number of hydrogen-bond acceptors (Lipinski definition) is 7. The third kappa shape index (κ3) is 5.42. The minimum atomic E-state index is -0.343. The predicted octanol–water partition coefficient (Wildman–Crippen LogP) is 5.57. The van der Waals surface area contributed by atoms with E-state index in [4.69, 9.17) is 0 Å². The summed E-state index contributed by atoms with van der Waals surface area (Å²) in [6.07, 6.45) is 0.746. The van der Waals surface area contributed by atoms with Crippen molar-refractivity contribution in [3.63, 3.8) is 0 Å². The first-order chi connectivity index (χ1) is 16.1. The molecule has 0 radical (unpaired) electrons. The number of carbonyl (C=O) groups is 1. The van der Waals surface area contributed by atoms with Crippen molar-refractivity contribution in [2.45, 2.75) is 18.4 Å². The minimum Gasteiger partial charge on any atom is -0.300 e. The van der Waals surface area contributed by atoms with Crippen molar-refractivity contribution in [2.24, 2.45) is 0 Å². The van der Waals surface area contributed by atoms with Gasteiger partial charge in [0.25, 0.3) is 0 Å². The van der Waals surface area contributed by atoms with E-state index in [0.717, 1.165) is 17.0 Å². The van der Waals surface area contributed by atoms with Gasteiger partial charge in [-0.15, -0.1) is 10.2 Å². The number of thioether (sulfide) groups is 1. The zero-order chi connectivity index (χ0) is 23.2. The molecule has 2 aromatic carbocycles. The summed E-state index contributed by atoms with van der Waals surface area (Å²) in [5, 5.41) is 22.3. The summed E-state index contributed by atoms with van der Waals surface area (Å²) in [5.41, 5.74) is 3.24. The van der Waals surface area contributed by atoms with Crippen molar-refractivity contribution < 1.29 is 9.18 Å². The first kappa shape index (κ1) is 22.6. The maximum absolute atomic E-state index is 13.4. The van der Waals surface area contributed by atoms with Gasteiger partial charge in [0.05, 0.1) is 17.0 Å². The molecule has 164 valence electrons. The van der Waals surface area contributed by atoms with E-state index in [9.17, 15) is 14.4 Å². The van der Waals surface area contributed by atoms with Crippen LogP contribution in [0.2, 0.25) is 0 Å². The number of carbonyl (C=O) groups excluding carboxylic acids is 1. The number of nitriles is 1. The Morgan fingerprint density at radius 1 is 1.12 bits per heavy atom. The molecule has 0 saturated heterocycles. The smallest absolute Gasteiger partial charge is 0.236 e. The van der Waals surface area contributed by atoms with Crippen molar-refractivity contribution in [1.82, 2.24) is 15.2 Å². The second-order valence-electron chi connectivity index (χ2n) is 6.91. The van der Waals surface area contributed by atoms with E-state index in [1.165, 1.54) is 35.2 Å². The molecule has 0 aliphatic heterocycles. The van der Waals surface area contributed by atoms with Crippen LogP contribution in [0.5, 0.6) is 0 Å². The zero-order valence-corrected chi connectivity index (χ0v) is 19.2. The number of anilines is 1. The average Bonchev–Trinajstić information content (AvgIpc) is 3.30. The van der Waals surface area contributed by atoms with Gasteiger partial charge >= 0.3 is 0 Å². The Kier molecular flexibility index (Phi) is 7.07. The molecule has 0 aliphatic rings. The molecule has 1 amide bonds. The number of halogens is 1. The molecular formula is C24H18FN5OS2. The maximum Gasteiger partial charge on any atom is 0.236 e. The number of nitrogens with zero attached hydrogens (tertiary/aromatic N) is 4. The van der Waals surface area contributed by atoms with Gasteiger partial charge < -0.3 is 0 Å². The second-order valence-corrected chi connectivity index (χ2v) is 8.94. The molecule has 0 spiro atoms.